The number of rotatable bonds is 5. The summed E-state index contributed by atoms with van der Waals surface area (Å²) >= 11 is 0. The fourth-order valence-electron chi connectivity index (χ4n) is 2.21. The lowest BCUT2D eigenvalue weighted by molar-refractivity contribution is 0.0696. The van der Waals surface area contributed by atoms with Crippen LogP contribution in [0.1, 0.15) is 35.3 Å². The topological polar surface area (TPSA) is 73.7 Å². The average molecular weight is 250 g/mol. The second-order valence-corrected chi connectivity index (χ2v) is 4.66. The zero-order valence-electron chi connectivity index (χ0n) is 10.5. The van der Waals surface area contributed by atoms with Crippen molar-refractivity contribution in [1.82, 2.24) is 4.98 Å². The molecule has 2 N–H and O–H groups in total. The maximum Gasteiger partial charge on any atom is 0.335 e. The smallest absolute Gasteiger partial charge is 0.335 e. The summed E-state index contributed by atoms with van der Waals surface area (Å²) in [6.45, 7) is 2.34. The van der Waals surface area contributed by atoms with Crippen LogP contribution in [-0.4, -0.2) is 40.4 Å². The van der Waals surface area contributed by atoms with Gasteiger partial charge in [-0.05, 0) is 38.3 Å². The van der Waals surface area contributed by atoms with Gasteiger partial charge in [0.2, 0.25) is 0 Å². The fourth-order valence-corrected chi connectivity index (χ4v) is 2.21. The first kappa shape index (κ1) is 12.8. The van der Waals surface area contributed by atoms with E-state index in [0.29, 0.717) is 24.1 Å². The number of carbonyl (C=O) groups is 1. The minimum atomic E-state index is -0.945. The van der Waals surface area contributed by atoms with Gasteiger partial charge >= 0.3 is 5.97 Å². The molecule has 1 aliphatic carbocycles. The first-order valence-corrected chi connectivity index (χ1v) is 6.21. The molecular formula is C13H18N2O3. The van der Waals surface area contributed by atoms with Crippen LogP contribution in [0.5, 0.6) is 0 Å². The summed E-state index contributed by atoms with van der Waals surface area (Å²) in [7, 11) is 0. The Labute approximate surface area is 106 Å². The number of aliphatic hydroxyl groups excluding tert-OH is 1. The predicted molar refractivity (Wildman–Crippen MR) is 68.0 cm³/mol. The van der Waals surface area contributed by atoms with Crippen LogP contribution in [0.15, 0.2) is 12.1 Å². The van der Waals surface area contributed by atoms with Crippen molar-refractivity contribution >= 4 is 11.8 Å². The number of carboxylic acids is 1. The van der Waals surface area contributed by atoms with Gasteiger partial charge in [0.05, 0.1) is 12.2 Å². The molecule has 0 bridgehead atoms. The van der Waals surface area contributed by atoms with Crippen molar-refractivity contribution in [3.05, 3.63) is 23.4 Å². The Morgan fingerprint density at radius 2 is 2.22 bits per heavy atom. The normalized spacial score (nSPS) is 15.2. The third kappa shape index (κ3) is 2.61. The number of carboxylic acid groups (broad SMARTS) is 1. The van der Waals surface area contributed by atoms with Crippen LogP contribution in [-0.2, 0) is 0 Å². The minimum absolute atomic E-state index is 0.0501. The third-order valence-electron chi connectivity index (χ3n) is 3.34. The van der Waals surface area contributed by atoms with Crippen LogP contribution in [0.2, 0.25) is 0 Å². The number of aliphatic hydroxyl groups is 1. The van der Waals surface area contributed by atoms with Crippen LogP contribution in [0, 0.1) is 6.92 Å². The van der Waals surface area contributed by atoms with Gasteiger partial charge in [0.15, 0.2) is 0 Å². The number of aromatic nitrogens is 1. The van der Waals surface area contributed by atoms with Crippen LogP contribution < -0.4 is 4.90 Å². The molecular weight excluding hydrogens is 232 g/mol. The summed E-state index contributed by atoms with van der Waals surface area (Å²) in [5.74, 6) is -0.287. The van der Waals surface area contributed by atoms with Gasteiger partial charge < -0.3 is 15.1 Å². The average Bonchev–Trinajstić information content (AvgIpc) is 2.25. The highest BCUT2D eigenvalue weighted by Crippen LogP contribution is 2.28. The fraction of sp³-hybridized carbons (Fsp3) is 0.538. The third-order valence-corrected chi connectivity index (χ3v) is 3.34. The van der Waals surface area contributed by atoms with Crippen LogP contribution in [0.25, 0.3) is 0 Å². The Kier molecular flexibility index (Phi) is 3.81. The molecule has 1 fully saturated rings. The zero-order valence-corrected chi connectivity index (χ0v) is 10.5. The van der Waals surface area contributed by atoms with Crippen molar-refractivity contribution in [3.63, 3.8) is 0 Å². The van der Waals surface area contributed by atoms with Crippen molar-refractivity contribution in [2.75, 3.05) is 18.1 Å². The number of anilines is 1. The molecule has 1 aromatic rings. The van der Waals surface area contributed by atoms with E-state index in [1.54, 1.807) is 19.1 Å². The van der Waals surface area contributed by atoms with E-state index in [2.05, 4.69) is 4.98 Å². The summed E-state index contributed by atoms with van der Waals surface area (Å²) < 4.78 is 0. The minimum Gasteiger partial charge on any atom is -0.478 e. The molecule has 1 aliphatic rings. The number of hydrogen-bond acceptors (Lipinski definition) is 4. The predicted octanol–water partition coefficient (Wildman–Crippen LogP) is 1.44. The lowest BCUT2D eigenvalue weighted by Crippen LogP contribution is -2.42. The highest BCUT2D eigenvalue weighted by Gasteiger charge is 2.26. The standard InChI is InChI=1S/C13H18N2O3/c1-9-7-10(13(17)18)8-12(14-9)15(5-6-16)11-3-2-4-11/h7-8,11,16H,2-6H2,1H3,(H,17,18). The SMILES string of the molecule is Cc1cc(C(=O)O)cc(N(CCO)C2CCC2)n1. The molecule has 5 heteroatoms. The number of aryl methyl sites for hydroxylation is 1. The Balaban J connectivity index is 2.30. The maximum atomic E-state index is 11.0. The van der Waals surface area contributed by atoms with E-state index in [-0.39, 0.29) is 12.2 Å². The van der Waals surface area contributed by atoms with Crippen molar-refractivity contribution in [3.8, 4) is 0 Å². The Bertz CT molecular complexity index is 444. The summed E-state index contributed by atoms with van der Waals surface area (Å²) in [6.07, 6.45) is 3.35. The molecule has 1 heterocycles. The molecule has 5 nitrogen and oxygen atoms in total. The first-order chi connectivity index (χ1) is 8.61. The zero-order chi connectivity index (χ0) is 13.1. The van der Waals surface area contributed by atoms with E-state index >= 15 is 0 Å². The number of hydrogen-bond donors (Lipinski definition) is 2. The summed E-state index contributed by atoms with van der Waals surface area (Å²) in [6, 6.07) is 3.53. The van der Waals surface area contributed by atoms with Gasteiger partial charge in [-0.3, -0.25) is 0 Å². The van der Waals surface area contributed by atoms with E-state index in [0.717, 1.165) is 12.8 Å². The Morgan fingerprint density at radius 1 is 1.50 bits per heavy atom. The lowest BCUT2D eigenvalue weighted by Gasteiger charge is -2.38. The molecule has 2 rings (SSSR count). The van der Waals surface area contributed by atoms with E-state index in [4.69, 9.17) is 10.2 Å². The van der Waals surface area contributed by atoms with E-state index in [9.17, 15) is 4.79 Å². The van der Waals surface area contributed by atoms with Crippen LogP contribution >= 0.6 is 0 Å². The largest absolute Gasteiger partial charge is 0.478 e. The van der Waals surface area contributed by atoms with E-state index < -0.39 is 5.97 Å². The van der Waals surface area contributed by atoms with Crippen molar-refractivity contribution < 1.29 is 15.0 Å². The molecule has 1 saturated carbocycles. The molecule has 0 aromatic carbocycles. The summed E-state index contributed by atoms with van der Waals surface area (Å²) in [5.41, 5.74) is 0.937. The van der Waals surface area contributed by atoms with Gasteiger partial charge in [-0.15, -0.1) is 0 Å². The monoisotopic (exact) mass is 250 g/mol. The molecule has 1 aromatic heterocycles. The molecule has 0 atom stereocenters. The van der Waals surface area contributed by atoms with Gasteiger partial charge in [0.25, 0.3) is 0 Å². The molecule has 0 spiro atoms. The van der Waals surface area contributed by atoms with Gasteiger partial charge in [0.1, 0.15) is 5.82 Å². The van der Waals surface area contributed by atoms with Crippen molar-refractivity contribution in [2.45, 2.75) is 32.2 Å². The van der Waals surface area contributed by atoms with Gasteiger partial charge in [-0.1, -0.05) is 0 Å². The summed E-state index contributed by atoms with van der Waals surface area (Å²) in [4.78, 5) is 17.4. The highest BCUT2D eigenvalue weighted by molar-refractivity contribution is 5.88. The quantitative estimate of drug-likeness (QED) is 0.827. The molecule has 0 radical (unpaired) electrons. The van der Waals surface area contributed by atoms with E-state index in [1.807, 2.05) is 4.90 Å². The van der Waals surface area contributed by atoms with Crippen LogP contribution in [0.4, 0.5) is 5.82 Å². The maximum absolute atomic E-state index is 11.0. The summed E-state index contributed by atoms with van der Waals surface area (Å²) in [5, 5.41) is 18.2. The number of aromatic carboxylic acids is 1. The molecule has 18 heavy (non-hydrogen) atoms. The first-order valence-electron chi connectivity index (χ1n) is 6.21. The molecule has 98 valence electrons. The second kappa shape index (κ2) is 5.35. The lowest BCUT2D eigenvalue weighted by atomic mass is 9.91. The number of pyridine rings is 1. The van der Waals surface area contributed by atoms with Gasteiger partial charge in [-0.25, -0.2) is 9.78 Å². The molecule has 0 saturated heterocycles. The number of nitrogens with zero attached hydrogens (tertiary/aromatic N) is 2. The second-order valence-electron chi connectivity index (χ2n) is 4.66. The molecule has 0 amide bonds. The highest BCUT2D eigenvalue weighted by atomic mass is 16.4. The van der Waals surface area contributed by atoms with Gasteiger partial charge in [-0.2, -0.15) is 0 Å². The Hall–Kier alpha value is -1.62. The van der Waals surface area contributed by atoms with Gasteiger partial charge in [0, 0.05) is 18.3 Å². The van der Waals surface area contributed by atoms with Crippen molar-refractivity contribution in [2.24, 2.45) is 0 Å². The van der Waals surface area contributed by atoms with Crippen LogP contribution in [0.3, 0.4) is 0 Å². The molecule has 0 aliphatic heterocycles. The van der Waals surface area contributed by atoms with E-state index in [1.165, 1.54) is 6.42 Å². The Morgan fingerprint density at radius 3 is 2.72 bits per heavy atom. The van der Waals surface area contributed by atoms with Crippen molar-refractivity contribution in [1.29, 1.82) is 0 Å². The molecule has 0 unspecified atom stereocenters.